The SMILES string of the molecule is CC(C)(C)OC(=O)NCC#Cc1ccc2cc1OCCOCCOc1cccc(c1)-c1ccnc(n1)N2. The number of rotatable bonds is 1. The van der Waals surface area contributed by atoms with Crippen LogP contribution in [-0.2, 0) is 9.47 Å². The molecule has 0 saturated heterocycles. The van der Waals surface area contributed by atoms with Crippen LogP contribution in [0.1, 0.15) is 26.3 Å². The number of alkyl carbamates (subject to hydrolysis) is 1. The van der Waals surface area contributed by atoms with Crippen LogP contribution in [0, 0.1) is 11.8 Å². The standard InChI is InChI=1S/C28H30N4O5/c1-28(2,3)37-27(33)30-12-5-7-20-9-10-22-19-25(20)36-17-15-34-14-16-35-23-8-4-6-21(18-23)24-11-13-29-26(31-22)32-24/h4,6,8-11,13,18-19H,12,14-17H2,1-3H3,(H,30,33)(H,29,31,32). The van der Waals surface area contributed by atoms with Crippen LogP contribution in [0.2, 0.25) is 0 Å². The van der Waals surface area contributed by atoms with E-state index in [9.17, 15) is 4.79 Å². The fourth-order valence-electron chi connectivity index (χ4n) is 3.38. The number of nitrogens with one attached hydrogen (secondary N) is 2. The van der Waals surface area contributed by atoms with Crippen molar-refractivity contribution in [1.29, 1.82) is 0 Å². The number of amides is 1. The van der Waals surface area contributed by atoms with Crippen molar-refractivity contribution in [3.8, 4) is 34.6 Å². The molecule has 3 aromatic rings. The number of benzene rings is 2. The summed E-state index contributed by atoms with van der Waals surface area (Å²) in [7, 11) is 0. The first kappa shape index (κ1) is 25.8. The number of hydrogen-bond acceptors (Lipinski definition) is 8. The monoisotopic (exact) mass is 502 g/mol. The summed E-state index contributed by atoms with van der Waals surface area (Å²) in [5, 5.41) is 5.86. The number of nitrogens with zero attached hydrogens (tertiary/aromatic N) is 2. The summed E-state index contributed by atoms with van der Waals surface area (Å²) in [6.45, 7) is 7.11. The predicted molar refractivity (Wildman–Crippen MR) is 140 cm³/mol. The van der Waals surface area contributed by atoms with E-state index in [-0.39, 0.29) is 6.54 Å². The summed E-state index contributed by atoms with van der Waals surface area (Å²) in [6.07, 6.45) is 1.19. The van der Waals surface area contributed by atoms with Gasteiger partial charge in [-0.25, -0.2) is 14.8 Å². The van der Waals surface area contributed by atoms with Gasteiger partial charge in [0.1, 0.15) is 30.3 Å². The number of ether oxygens (including phenoxy) is 4. The average Bonchev–Trinajstić information content (AvgIpc) is 2.86. The Morgan fingerprint density at radius 3 is 2.76 bits per heavy atom. The predicted octanol–water partition coefficient (Wildman–Crippen LogP) is 4.55. The van der Waals surface area contributed by atoms with Crippen molar-refractivity contribution >= 4 is 17.7 Å². The Balaban J connectivity index is 1.54. The van der Waals surface area contributed by atoms with Gasteiger partial charge >= 0.3 is 6.09 Å². The van der Waals surface area contributed by atoms with Gasteiger partial charge in [-0.3, -0.25) is 0 Å². The lowest BCUT2D eigenvalue weighted by Crippen LogP contribution is -2.32. The van der Waals surface area contributed by atoms with Gasteiger partial charge in [-0.2, -0.15) is 0 Å². The summed E-state index contributed by atoms with van der Waals surface area (Å²) in [5.74, 6) is 7.75. The van der Waals surface area contributed by atoms with Crippen molar-refractivity contribution in [3.05, 3.63) is 60.3 Å². The molecule has 37 heavy (non-hydrogen) atoms. The summed E-state index contributed by atoms with van der Waals surface area (Å²) in [6, 6.07) is 15.1. The molecule has 1 amide bonds. The van der Waals surface area contributed by atoms with Crippen molar-refractivity contribution < 1.29 is 23.7 Å². The van der Waals surface area contributed by atoms with E-state index in [2.05, 4.69) is 32.4 Å². The molecule has 0 fully saturated rings. The van der Waals surface area contributed by atoms with Gasteiger partial charge in [0.15, 0.2) is 0 Å². The molecule has 0 saturated carbocycles. The topological polar surface area (TPSA) is 104 Å². The highest BCUT2D eigenvalue weighted by Crippen LogP contribution is 2.27. The first-order valence-electron chi connectivity index (χ1n) is 12.0. The third-order valence-electron chi connectivity index (χ3n) is 4.95. The Kier molecular flexibility index (Phi) is 8.44. The molecule has 4 rings (SSSR count). The van der Waals surface area contributed by atoms with Crippen molar-refractivity contribution in [3.63, 3.8) is 0 Å². The second-order valence-electron chi connectivity index (χ2n) is 9.10. The second-order valence-corrected chi connectivity index (χ2v) is 9.10. The fraction of sp³-hybridized carbons (Fsp3) is 0.321. The van der Waals surface area contributed by atoms with Gasteiger partial charge < -0.3 is 29.6 Å². The fourth-order valence-corrected chi connectivity index (χ4v) is 3.38. The third kappa shape index (κ3) is 8.12. The number of fused-ring (bicyclic) bond motifs is 7. The van der Waals surface area contributed by atoms with Crippen LogP contribution in [-0.4, -0.2) is 54.6 Å². The maximum absolute atomic E-state index is 11.8. The number of aromatic nitrogens is 2. The maximum atomic E-state index is 11.8. The number of carbonyl (C=O) groups excluding carboxylic acids is 1. The van der Waals surface area contributed by atoms with Crippen LogP contribution < -0.4 is 20.1 Å². The number of anilines is 2. The molecule has 0 atom stereocenters. The van der Waals surface area contributed by atoms with E-state index in [4.69, 9.17) is 18.9 Å². The molecule has 9 nitrogen and oxygen atoms in total. The zero-order chi connectivity index (χ0) is 26.1. The Morgan fingerprint density at radius 1 is 1.08 bits per heavy atom. The molecular weight excluding hydrogens is 472 g/mol. The first-order valence-corrected chi connectivity index (χ1v) is 12.0. The molecule has 1 aromatic heterocycles. The normalized spacial score (nSPS) is 13.4. The summed E-state index contributed by atoms with van der Waals surface area (Å²) >= 11 is 0. The van der Waals surface area contributed by atoms with Gasteiger partial charge in [-0.15, -0.1) is 0 Å². The lowest BCUT2D eigenvalue weighted by atomic mass is 10.1. The van der Waals surface area contributed by atoms with Crippen molar-refractivity contribution in [2.24, 2.45) is 0 Å². The molecule has 2 N–H and O–H groups in total. The Hall–Kier alpha value is -4.29. The third-order valence-corrected chi connectivity index (χ3v) is 4.95. The molecule has 0 spiro atoms. The van der Waals surface area contributed by atoms with E-state index in [1.165, 1.54) is 0 Å². The van der Waals surface area contributed by atoms with Gasteiger partial charge in [0, 0.05) is 23.5 Å². The highest BCUT2D eigenvalue weighted by molar-refractivity contribution is 5.68. The number of carbonyl (C=O) groups is 1. The zero-order valence-electron chi connectivity index (χ0n) is 21.2. The molecule has 6 bridgehead atoms. The molecule has 0 unspecified atom stereocenters. The Labute approximate surface area is 216 Å². The van der Waals surface area contributed by atoms with Crippen LogP contribution in [0.3, 0.4) is 0 Å². The largest absolute Gasteiger partial charge is 0.491 e. The molecule has 2 heterocycles. The van der Waals surface area contributed by atoms with E-state index >= 15 is 0 Å². The van der Waals surface area contributed by atoms with E-state index in [1.807, 2.05) is 48.5 Å². The first-order chi connectivity index (χ1) is 17.9. The highest BCUT2D eigenvalue weighted by Gasteiger charge is 2.15. The Morgan fingerprint density at radius 2 is 1.92 bits per heavy atom. The Bertz CT molecular complexity index is 1290. The molecular formula is C28H30N4O5. The van der Waals surface area contributed by atoms with E-state index in [0.29, 0.717) is 43.7 Å². The lowest BCUT2D eigenvalue weighted by Gasteiger charge is -2.19. The minimum absolute atomic E-state index is 0.138. The van der Waals surface area contributed by atoms with E-state index in [1.54, 1.807) is 27.0 Å². The zero-order valence-corrected chi connectivity index (χ0v) is 21.2. The quantitative estimate of drug-likeness (QED) is 0.467. The smallest absolute Gasteiger partial charge is 0.408 e. The van der Waals surface area contributed by atoms with Crippen molar-refractivity contribution in [2.75, 3.05) is 38.3 Å². The van der Waals surface area contributed by atoms with Gasteiger partial charge in [0.25, 0.3) is 0 Å². The minimum atomic E-state index is -0.569. The molecule has 0 radical (unpaired) electrons. The molecule has 1 aliphatic heterocycles. The van der Waals surface area contributed by atoms with Crippen LogP contribution in [0.4, 0.5) is 16.4 Å². The van der Waals surface area contributed by atoms with Gasteiger partial charge in [-0.05, 0) is 51.1 Å². The lowest BCUT2D eigenvalue weighted by molar-refractivity contribution is 0.0535. The molecule has 1 aliphatic rings. The summed E-state index contributed by atoms with van der Waals surface area (Å²) < 4.78 is 22.7. The average molecular weight is 503 g/mol. The van der Waals surface area contributed by atoms with Crippen molar-refractivity contribution in [2.45, 2.75) is 26.4 Å². The minimum Gasteiger partial charge on any atom is -0.491 e. The van der Waals surface area contributed by atoms with Crippen LogP contribution in [0.25, 0.3) is 11.3 Å². The molecule has 9 heteroatoms. The summed E-state index contributed by atoms with van der Waals surface area (Å²) in [4.78, 5) is 20.8. The van der Waals surface area contributed by atoms with Crippen LogP contribution in [0.15, 0.2) is 54.7 Å². The molecule has 192 valence electrons. The highest BCUT2D eigenvalue weighted by atomic mass is 16.6. The molecule has 0 aliphatic carbocycles. The van der Waals surface area contributed by atoms with Gasteiger partial charge in [-0.1, -0.05) is 24.0 Å². The molecule has 2 aromatic carbocycles. The van der Waals surface area contributed by atoms with Gasteiger partial charge in [0.2, 0.25) is 5.95 Å². The van der Waals surface area contributed by atoms with Crippen LogP contribution in [0.5, 0.6) is 11.5 Å². The van der Waals surface area contributed by atoms with E-state index < -0.39 is 11.7 Å². The maximum Gasteiger partial charge on any atom is 0.408 e. The van der Waals surface area contributed by atoms with Crippen LogP contribution >= 0.6 is 0 Å². The second kappa shape index (κ2) is 12.1. The number of hydrogen-bond donors (Lipinski definition) is 2. The van der Waals surface area contributed by atoms with Gasteiger partial charge in [0.05, 0.1) is 31.0 Å². The van der Waals surface area contributed by atoms with Crippen molar-refractivity contribution in [1.82, 2.24) is 15.3 Å². The summed E-state index contributed by atoms with van der Waals surface area (Å²) in [5.41, 5.74) is 2.53. The van der Waals surface area contributed by atoms with E-state index in [0.717, 1.165) is 22.7 Å².